The Morgan fingerprint density at radius 1 is 1.17 bits per heavy atom. The summed E-state index contributed by atoms with van der Waals surface area (Å²) >= 11 is 7.71. The van der Waals surface area contributed by atoms with Crippen molar-refractivity contribution < 1.29 is 4.39 Å². The van der Waals surface area contributed by atoms with Crippen molar-refractivity contribution in [1.29, 1.82) is 0 Å². The molecule has 0 saturated carbocycles. The van der Waals surface area contributed by atoms with Gasteiger partial charge in [-0.3, -0.25) is 0 Å². The van der Waals surface area contributed by atoms with Crippen LogP contribution < -0.4 is 5.73 Å². The second-order valence-corrected chi connectivity index (χ2v) is 5.56. The van der Waals surface area contributed by atoms with Gasteiger partial charge in [-0.05, 0) is 48.9 Å². The van der Waals surface area contributed by atoms with E-state index in [9.17, 15) is 4.39 Å². The van der Waals surface area contributed by atoms with Gasteiger partial charge in [-0.2, -0.15) is 0 Å². The Kier molecular flexibility index (Phi) is 4.27. The average Bonchev–Trinajstić information content (AvgIpc) is 2.34. The van der Waals surface area contributed by atoms with Crippen LogP contribution in [0.3, 0.4) is 0 Å². The third kappa shape index (κ3) is 3.25. The normalized spacial score (nSPS) is 12.4. The third-order valence-electron chi connectivity index (χ3n) is 2.52. The van der Waals surface area contributed by atoms with Crippen LogP contribution in [0, 0.1) is 5.82 Å². The van der Waals surface area contributed by atoms with Gasteiger partial charge < -0.3 is 5.73 Å². The molecule has 18 heavy (non-hydrogen) atoms. The van der Waals surface area contributed by atoms with E-state index < -0.39 is 0 Å². The fraction of sp³-hybridized carbons (Fsp3) is 0.143. The molecule has 0 saturated heterocycles. The molecule has 0 amide bonds. The van der Waals surface area contributed by atoms with Crippen LogP contribution in [0.5, 0.6) is 0 Å². The summed E-state index contributed by atoms with van der Waals surface area (Å²) in [5, 5.41) is 0.666. The highest BCUT2D eigenvalue weighted by atomic mass is 35.5. The second kappa shape index (κ2) is 5.74. The predicted octanol–water partition coefficient (Wildman–Crippen LogP) is 4.65. The Labute approximate surface area is 115 Å². The van der Waals surface area contributed by atoms with Gasteiger partial charge in [-0.15, -0.1) is 0 Å². The van der Waals surface area contributed by atoms with Gasteiger partial charge in [-0.25, -0.2) is 4.39 Å². The van der Waals surface area contributed by atoms with Gasteiger partial charge in [0.2, 0.25) is 0 Å². The van der Waals surface area contributed by atoms with E-state index in [1.54, 1.807) is 12.1 Å². The molecule has 1 atom stereocenters. The maximum Gasteiger partial charge on any atom is 0.123 e. The van der Waals surface area contributed by atoms with Crippen molar-refractivity contribution in [2.45, 2.75) is 22.8 Å². The van der Waals surface area contributed by atoms with E-state index in [-0.39, 0.29) is 11.9 Å². The highest BCUT2D eigenvalue weighted by Crippen LogP contribution is 2.34. The second-order valence-electron chi connectivity index (χ2n) is 4.03. The zero-order valence-corrected chi connectivity index (χ0v) is 11.4. The van der Waals surface area contributed by atoms with Gasteiger partial charge >= 0.3 is 0 Å². The maximum atomic E-state index is 12.8. The number of halogens is 2. The molecule has 0 aliphatic heterocycles. The van der Waals surface area contributed by atoms with Gasteiger partial charge in [0.1, 0.15) is 5.82 Å². The van der Waals surface area contributed by atoms with Crippen molar-refractivity contribution in [2.75, 3.05) is 0 Å². The van der Waals surface area contributed by atoms with Crippen LogP contribution in [0.15, 0.2) is 52.3 Å². The third-order valence-corrected chi connectivity index (χ3v) is 4.03. The van der Waals surface area contributed by atoms with Crippen LogP contribution in [0.2, 0.25) is 5.02 Å². The van der Waals surface area contributed by atoms with Crippen molar-refractivity contribution in [1.82, 2.24) is 0 Å². The van der Waals surface area contributed by atoms with Crippen molar-refractivity contribution in [3.05, 3.63) is 58.9 Å². The summed E-state index contributed by atoms with van der Waals surface area (Å²) in [6.07, 6.45) is 0. The van der Waals surface area contributed by atoms with Crippen LogP contribution in [-0.4, -0.2) is 0 Å². The molecule has 0 aromatic heterocycles. The molecule has 4 heteroatoms. The molecule has 1 nitrogen and oxygen atoms in total. The maximum absolute atomic E-state index is 12.8. The summed E-state index contributed by atoms with van der Waals surface area (Å²) in [6, 6.07) is 12.1. The van der Waals surface area contributed by atoms with Gasteiger partial charge in [0.25, 0.3) is 0 Å². The summed E-state index contributed by atoms with van der Waals surface area (Å²) in [4.78, 5) is 1.89. The summed E-state index contributed by atoms with van der Waals surface area (Å²) in [7, 11) is 0. The van der Waals surface area contributed by atoms with E-state index >= 15 is 0 Å². The minimum Gasteiger partial charge on any atom is -0.324 e. The van der Waals surface area contributed by atoms with E-state index in [0.717, 1.165) is 15.4 Å². The zero-order chi connectivity index (χ0) is 13.1. The van der Waals surface area contributed by atoms with Gasteiger partial charge in [0.05, 0.1) is 5.02 Å². The van der Waals surface area contributed by atoms with E-state index in [4.69, 9.17) is 17.3 Å². The number of hydrogen-bond donors (Lipinski definition) is 1. The quantitative estimate of drug-likeness (QED) is 0.886. The Hall–Kier alpha value is -1.03. The van der Waals surface area contributed by atoms with Gasteiger partial charge in [0.15, 0.2) is 0 Å². The Balaban J connectivity index is 2.22. The highest BCUT2D eigenvalue weighted by molar-refractivity contribution is 7.99. The lowest BCUT2D eigenvalue weighted by molar-refractivity contribution is 0.626. The average molecular weight is 282 g/mol. The summed E-state index contributed by atoms with van der Waals surface area (Å²) < 4.78 is 12.8. The first-order valence-electron chi connectivity index (χ1n) is 5.54. The van der Waals surface area contributed by atoms with Crippen LogP contribution in [0.1, 0.15) is 18.5 Å². The van der Waals surface area contributed by atoms with Gasteiger partial charge in [0, 0.05) is 15.8 Å². The van der Waals surface area contributed by atoms with E-state index in [2.05, 4.69) is 0 Å². The minimum absolute atomic E-state index is 0.0348. The first-order chi connectivity index (χ1) is 8.56. The smallest absolute Gasteiger partial charge is 0.123 e. The minimum atomic E-state index is -0.238. The van der Waals surface area contributed by atoms with Crippen LogP contribution >= 0.6 is 23.4 Å². The Morgan fingerprint density at radius 3 is 2.39 bits per heavy atom. The summed E-state index contributed by atoms with van der Waals surface area (Å²) in [6.45, 7) is 1.92. The molecule has 0 fully saturated rings. The van der Waals surface area contributed by atoms with Crippen molar-refractivity contribution in [3.63, 3.8) is 0 Å². The lowest BCUT2D eigenvalue weighted by Gasteiger charge is -2.09. The molecular formula is C14H13ClFNS. The molecule has 0 aliphatic carbocycles. The highest BCUT2D eigenvalue weighted by Gasteiger charge is 2.06. The number of nitrogens with two attached hydrogens (primary N) is 1. The van der Waals surface area contributed by atoms with E-state index in [0.29, 0.717) is 5.02 Å². The van der Waals surface area contributed by atoms with Crippen LogP contribution in [0.25, 0.3) is 0 Å². The van der Waals surface area contributed by atoms with E-state index in [1.165, 1.54) is 23.9 Å². The molecule has 0 spiro atoms. The first kappa shape index (κ1) is 13.4. The molecular weight excluding hydrogens is 269 g/mol. The number of benzene rings is 2. The molecule has 2 aromatic carbocycles. The summed E-state index contributed by atoms with van der Waals surface area (Å²) in [5.41, 5.74) is 6.80. The fourth-order valence-corrected chi connectivity index (χ4v) is 2.64. The molecule has 0 aliphatic rings. The molecule has 0 heterocycles. The monoisotopic (exact) mass is 281 g/mol. The lowest BCUT2D eigenvalue weighted by Crippen LogP contribution is -2.04. The molecule has 0 radical (unpaired) electrons. The number of hydrogen-bond acceptors (Lipinski definition) is 2. The Morgan fingerprint density at radius 2 is 1.83 bits per heavy atom. The molecule has 94 valence electrons. The SMILES string of the molecule is CC(N)c1ccc(Sc2ccc(F)cc2)c(Cl)c1. The standard InChI is InChI=1S/C14H13ClFNS/c1-9(17)10-2-7-14(13(15)8-10)18-12-5-3-11(16)4-6-12/h2-9H,17H2,1H3. The molecule has 2 N–H and O–H groups in total. The lowest BCUT2D eigenvalue weighted by atomic mass is 10.1. The Bertz CT molecular complexity index is 540. The van der Waals surface area contributed by atoms with Gasteiger partial charge in [-0.1, -0.05) is 29.4 Å². The fourth-order valence-electron chi connectivity index (χ4n) is 1.51. The molecule has 2 aromatic rings. The predicted molar refractivity (Wildman–Crippen MR) is 74.6 cm³/mol. The molecule has 0 bridgehead atoms. The van der Waals surface area contributed by atoms with E-state index in [1.807, 2.05) is 25.1 Å². The summed E-state index contributed by atoms with van der Waals surface area (Å²) in [5.74, 6) is -0.238. The largest absolute Gasteiger partial charge is 0.324 e. The van der Waals surface area contributed by atoms with Crippen molar-refractivity contribution >= 4 is 23.4 Å². The van der Waals surface area contributed by atoms with Crippen molar-refractivity contribution in [3.8, 4) is 0 Å². The van der Waals surface area contributed by atoms with Crippen molar-refractivity contribution in [2.24, 2.45) is 5.73 Å². The zero-order valence-electron chi connectivity index (χ0n) is 9.86. The van der Waals surface area contributed by atoms with Crippen LogP contribution in [-0.2, 0) is 0 Å². The first-order valence-corrected chi connectivity index (χ1v) is 6.74. The van der Waals surface area contributed by atoms with Crippen LogP contribution in [0.4, 0.5) is 4.39 Å². The molecule has 2 rings (SSSR count). The topological polar surface area (TPSA) is 26.0 Å². The molecule has 1 unspecified atom stereocenters. The number of rotatable bonds is 3.